The highest BCUT2D eigenvalue weighted by atomic mass is 16.5. The van der Waals surface area contributed by atoms with Crippen LogP contribution < -0.4 is 5.32 Å². The number of rotatable bonds is 8. The monoisotopic (exact) mass is 298 g/mol. The Bertz CT molecular complexity index is 363. The quantitative estimate of drug-likeness (QED) is 0.529. The summed E-state index contributed by atoms with van der Waals surface area (Å²) in [7, 11) is 0. The maximum absolute atomic E-state index is 11.9. The topological polar surface area (TPSA) is 78.9 Å². The molecule has 1 aliphatic rings. The highest BCUT2D eigenvalue weighted by molar-refractivity contribution is 5.74. The van der Waals surface area contributed by atoms with Crippen molar-refractivity contribution < 1.29 is 19.4 Å². The lowest BCUT2D eigenvalue weighted by atomic mass is 9.92. The van der Waals surface area contributed by atoms with Crippen molar-refractivity contribution >= 4 is 12.0 Å². The van der Waals surface area contributed by atoms with Crippen LogP contribution in [0.3, 0.4) is 0 Å². The van der Waals surface area contributed by atoms with Gasteiger partial charge in [-0.3, -0.25) is 4.79 Å². The summed E-state index contributed by atoms with van der Waals surface area (Å²) in [5.74, 6) is -0.325. The van der Waals surface area contributed by atoms with Gasteiger partial charge < -0.3 is 20.1 Å². The molecule has 0 atom stereocenters. The number of ether oxygens (including phenoxy) is 1. The third-order valence-electron chi connectivity index (χ3n) is 3.54. The summed E-state index contributed by atoms with van der Waals surface area (Å²) in [6, 6.07) is -0.0643. The number of amides is 2. The number of hydrogen-bond donors (Lipinski definition) is 2. The van der Waals surface area contributed by atoms with Gasteiger partial charge in [0.05, 0.1) is 13.2 Å². The largest absolute Gasteiger partial charge is 0.481 e. The first-order chi connectivity index (χ1) is 9.99. The number of carbonyl (C=O) groups is 2. The van der Waals surface area contributed by atoms with Crippen LogP contribution in [0.1, 0.15) is 32.6 Å². The SMILES string of the molecule is C=C(C)COCCNC(=O)N1CCC(CCC(=O)O)CC1. The number of urea groups is 1. The summed E-state index contributed by atoms with van der Waals surface area (Å²) in [6.45, 7) is 8.52. The van der Waals surface area contributed by atoms with Crippen LogP contribution in [0.25, 0.3) is 0 Å². The smallest absolute Gasteiger partial charge is 0.317 e. The van der Waals surface area contributed by atoms with Gasteiger partial charge in [-0.15, -0.1) is 0 Å². The standard InChI is InChI=1S/C15H26N2O4/c1-12(2)11-21-10-7-16-15(20)17-8-5-13(6-9-17)3-4-14(18)19/h13H,1,3-11H2,2H3,(H,16,20)(H,18,19). The van der Waals surface area contributed by atoms with Crippen molar-refractivity contribution in [2.75, 3.05) is 32.8 Å². The number of carbonyl (C=O) groups excluding carboxylic acids is 1. The van der Waals surface area contributed by atoms with Crippen LogP contribution in [0.4, 0.5) is 4.79 Å². The third-order valence-corrected chi connectivity index (χ3v) is 3.54. The summed E-state index contributed by atoms with van der Waals surface area (Å²) < 4.78 is 5.32. The van der Waals surface area contributed by atoms with E-state index in [1.165, 1.54) is 0 Å². The number of carboxylic acids is 1. The zero-order valence-corrected chi connectivity index (χ0v) is 12.8. The number of likely N-dealkylation sites (tertiary alicyclic amines) is 1. The van der Waals surface area contributed by atoms with Gasteiger partial charge in [0.25, 0.3) is 0 Å². The summed E-state index contributed by atoms with van der Waals surface area (Å²) >= 11 is 0. The number of aliphatic carboxylic acids is 1. The molecule has 0 unspecified atom stereocenters. The molecule has 0 aromatic heterocycles. The van der Waals surface area contributed by atoms with E-state index in [4.69, 9.17) is 9.84 Å². The molecule has 2 N–H and O–H groups in total. The Hall–Kier alpha value is -1.56. The van der Waals surface area contributed by atoms with Crippen LogP contribution >= 0.6 is 0 Å². The molecule has 0 aromatic rings. The van der Waals surface area contributed by atoms with Gasteiger partial charge >= 0.3 is 12.0 Å². The molecule has 0 spiro atoms. The van der Waals surface area contributed by atoms with Gasteiger partial charge in [-0.25, -0.2) is 4.79 Å². The Morgan fingerprint density at radius 1 is 1.38 bits per heavy atom. The first-order valence-corrected chi connectivity index (χ1v) is 7.45. The summed E-state index contributed by atoms with van der Waals surface area (Å²) in [5.41, 5.74) is 0.963. The van der Waals surface area contributed by atoms with Crippen molar-refractivity contribution in [2.24, 2.45) is 5.92 Å². The van der Waals surface area contributed by atoms with E-state index in [1.54, 1.807) is 4.90 Å². The molecular weight excluding hydrogens is 272 g/mol. The lowest BCUT2D eigenvalue weighted by molar-refractivity contribution is -0.137. The first-order valence-electron chi connectivity index (χ1n) is 7.45. The number of hydrogen-bond acceptors (Lipinski definition) is 3. The Kier molecular flexibility index (Phi) is 7.82. The summed E-state index contributed by atoms with van der Waals surface area (Å²) in [6.07, 6.45) is 2.69. The van der Waals surface area contributed by atoms with E-state index in [2.05, 4.69) is 11.9 Å². The number of piperidine rings is 1. The van der Waals surface area contributed by atoms with Crippen molar-refractivity contribution in [1.82, 2.24) is 10.2 Å². The Labute approximate surface area is 126 Å². The fourth-order valence-corrected chi connectivity index (χ4v) is 2.34. The summed E-state index contributed by atoms with van der Waals surface area (Å²) in [5, 5.41) is 11.5. The molecule has 2 amide bonds. The number of nitrogens with zero attached hydrogens (tertiary/aromatic N) is 1. The molecule has 6 nitrogen and oxygen atoms in total. The summed E-state index contributed by atoms with van der Waals surface area (Å²) in [4.78, 5) is 24.2. The third kappa shape index (κ3) is 7.70. The van der Waals surface area contributed by atoms with Crippen LogP contribution in [0.2, 0.25) is 0 Å². The molecule has 0 radical (unpaired) electrons. The van der Waals surface area contributed by atoms with Gasteiger partial charge in [0.2, 0.25) is 0 Å². The van der Waals surface area contributed by atoms with Gasteiger partial charge in [0.15, 0.2) is 0 Å². The van der Waals surface area contributed by atoms with Gasteiger partial charge in [-0.2, -0.15) is 0 Å². The average molecular weight is 298 g/mol. The normalized spacial score (nSPS) is 15.8. The van der Waals surface area contributed by atoms with Gasteiger partial charge in [-0.1, -0.05) is 12.2 Å². The Morgan fingerprint density at radius 2 is 2.05 bits per heavy atom. The predicted molar refractivity (Wildman–Crippen MR) is 80.2 cm³/mol. The van der Waals surface area contributed by atoms with Crippen molar-refractivity contribution in [2.45, 2.75) is 32.6 Å². The van der Waals surface area contributed by atoms with Crippen molar-refractivity contribution in [3.63, 3.8) is 0 Å². The maximum Gasteiger partial charge on any atom is 0.317 e. The molecule has 1 saturated heterocycles. The minimum atomic E-state index is -0.745. The number of nitrogens with one attached hydrogen (secondary N) is 1. The number of carboxylic acid groups (broad SMARTS) is 1. The lowest BCUT2D eigenvalue weighted by Crippen LogP contribution is -2.45. The lowest BCUT2D eigenvalue weighted by Gasteiger charge is -2.31. The molecule has 0 bridgehead atoms. The molecule has 120 valence electrons. The average Bonchev–Trinajstić information content (AvgIpc) is 2.44. The molecule has 21 heavy (non-hydrogen) atoms. The minimum Gasteiger partial charge on any atom is -0.481 e. The van der Waals surface area contributed by atoms with E-state index in [0.29, 0.717) is 45.2 Å². The van der Waals surface area contributed by atoms with E-state index < -0.39 is 5.97 Å². The molecule has 0 aromatic carbocycles. The Morgan fingerprint density at radius 3 is 2.62 bits per heavy atom. The molecule has 6 heteroatoms. The Balaban J connectivity index is 2.11. The molecule has 1 fully saturated rings. The van der Waals surface area contributed by atoms with Gasteiger partial charge in [0, 0.05) is 26.1 Å². The highest BCUT2D eigenvalue weighted by Gasteiger charge is 2.22. The maximum atomic E-state index is 11.9. The van der Waals surface area contributed by atoms with E-state index in [0.717, 1.165) is 18.4 Å². The molecule has 1 rings (SSSR count). The van der Waals surface area contributed by atoms with Crippen LogP contribution in [0.5, 0.6) is 0 Å². The molecule has 1 heterocycles. The molecule has 1 aliphatic heterocycles. The fraction of sp³-hybridized carbons (Fsp3) is 0.733. The first kappa shape index (κ1) is 17.5. The van der Waals surface area contributed by atoms with E-state index in [1.807, 2.05) is 6.92 Å². The van der Waals surface area contributed by atoms with Gasteiger partial charge in [-0.05, 0) is 32.1 Å². The van der Waals surface area contributed by atoms with Crippen LogP contribution in [0.15, 0.2) is 12.2 Å². The second-order valence-corrected chi connectivity index (χ2v) is 5.60. The zero-order valence-electron chi connectivity index (χ0n) is 12.8. The molecular formula is C15H26N2O4. The zero-order chi connectivity index (χ0) is 15.7. The second-order valence-electron chi connectivity index (χ2n) is 5.60. The van der Waals surface area contributed by atoms with Crippen LogP contribution in [-0.2, 0) is 9.53 Å². The van der Waals surface area contributed by atoms with Crippen molar-refractivity contribution in [1.29, 1.82) is 0 Å². The van der Waals surface area contributed by atoms with Gasteiger partial charge in [0.1, 0.15) is 0 Å². The highest BCUT2D eigenvalue weighted by Crippen LogP contribution is 2.21. The predicted octanol–water partition coefficient (Wildman–Crippen LogP) is 1.87. The van der Waals surface area contributed by atoms with E-state index in [-0.39, 0.29) is 12.5 Å². The van der Waals surface area contributed by atoms with Crippen molar-refractivity contribution in [3.05, 3.63) is 12.2 Å². The van der Waals surface area contributed by atoms with Crippen molar-refractivity contribution in [3.8, 4) is 0 Å². The molecule has 0 aliphatic carbocycles. The van der Waals surface area contributed by atoms with Crippen LogP contribution in [-0.4, -0.2) is 54.9 Å². The van der Waals surface area contributed by atoms with E-state index >= 15 is 0 Å². The minimum absolute atomic E-state index is 0.0643. The van der Waals surface area contributed by atoms with E-state index in [9.17, 15) is 9.59 Å². The fourth-order valence-electron chi connectivity index (χ4n) is 2.34. The molecule has 0 saturated carbocycles. The van der Waals surface area contributed by atoms with Crippen LogP contribution in [0, 0.1) is 5.92 Å². The second kappa shape index (κ2) is 9.39.